The minimum absolute atomic E-state index is 0.376. The van der Waals surface area contributed by atoms with Gasteiger partial charge in [0.25, 0.3) is 5.97 Å². The lowest BCUT2D eigenvalue weighted by Gasteiger charge is -2.19. The molecule has 0 spiro atoms. The highest BCUT2D eigenvalue weighted by Crippen LogP contribution is 2.33. The Morgan fingerprint density at radius 3 is 1.57 bits per heavy atom. The predicted octanol–water partition coefficient (Wildman–Crippen LogP) is 3.00. The molecule has 0 saturated carbocycles. The largest absolute Gasteiger partial charge is 0.481 e. The monoisotopic (exact) mass is 264 g/mol. The van der Waals surface area contributed by atoms with E-state index in [1.165, 1.54) is 0 Å². The Bertz CT molecular complexity index is 152. The molecule has 6 heteroatoms. The summed E-state index contributed by atoms with van der Waals surface area (Å²) in [5.74, 6) is -0.833. The number of carboxylic acid groups (broad SMARTS) is 1. The van der Waals surface area contributed by atoms with Crippen LogP contribution in [0.2, 0.25) is 0 Å². The van der Waals surface area contributed by atoms with Gasteiger partial charge in [-0.1, -0.05) is 34.8 Å². The summed E-state index contributed by atoms with van der Waals surface area (Å²) < 4.78 is -1.24. The van der Waals surface area contributed by atoms with Crippen LogP contribution in [0.1, 0.15) is 33.6 Å². The van der Waals surface area contributed by atoms with E-state index < -0.39 is 15.4 Å². The van der Waals surface area contributed by atoms with Crippen molar-refractivity contribution in [1.82, 2.24) is 0 Å². The van der Waals surface area contributed by atoms with Crippen molar-refractivity contribution in [3.8, 4) is 0 Å². The van der Waals surface area contributed by atoms with Crippen LogP contribution in [0, 0.1) is 0 Å². The van der Waals surface area contributed by atoms with E-state index in [0.717, 1.165) is 6.92 Å². The maximum atomic E-state index is 9.21. The van der Waals surface area contributed by atoms with Crippen molar-refractivity contribution in [2.24, 2.45) is 0 Å². The fraction of sp³-hybridized carbons (Fsp3) is 0.875. The Balaban J connectivity index is 0. The summed E-state index contributed by atoms with van der Waals surface area (Å²) in [4.78, 5) is 9.00. The molecule has 0 unspecified atom stereocenters. The Hall–Kier alpha value is 0.300. The lowest BCUT2D eigenvalue weighted by molar-refractivity contribution is -0.134. The van der Waals surface area contributed by atoms with E-state index in [4.69, 9.17) is 44.7 Å². The zero-order valence-corrected chi connectivity index (χ0v) is 10.6. The van der Waals surface area contributed by atoms with Crippen molar-refractivity contribution in [2.75, 3.05) is 0 Å². The number of carboxylic acids is 1. The third kappa shape index (κ3) is 29.5. The molecular weight excluding hydrogens is 250 g/mol. The lowest BCUT2D eigenvalue weighted by atomic mass is 10.0. The first-order valence-corrected chi connectivity index (χ1v) is 5.06. The highest BCUT2D eigenvalue weighted by molar-refractivity contribution is 6.67. The minimum Gasteiger partial charge on any atom is -0.481 e. The molecule has 0 bridgehead atoms. The van der Waals surface area contributed by atoms with Gasteiger partial charge in [0.05, 0.1) is 5.60 Å². The summed E-state index contributed by atoms with van der Waals surface area (Å²) in [6.07, 6.45) is 0.866. The molecule has 3 nitrogen and oxygen atoms in total. The normalized spacial score (nSPS) is 11.6. The smallest absolute Gasteiger partial charge is 0.300 e. The van der Waals surface area contributed by atoms with E-state index in [9.17, 15) is 5.11 Å². The van der Waals surface area contributed by atoms with Crippen LogP contribution in [0.5, 0.6) is 0 Å². The van der Waals surface area contributed by atoms with Crippen molar-refractivity contribution < 1.29 is 15.0 Å². The number of aliphatic hydroxyl groups is 1. The Morgan fingerprint density at radius 2 is 1.50 bits per heavy atom. The van der Waals surface area contributed by atoms with Gasteiger partial charge in [-0.25, -0.2) is 0 Å². The van der Waals surface area contributed by atoms with Crippen molar-refractivity contribution in [1.29, 1.82) is 0 Å². The predicted molar refractivity (Wildman–Crippen MR) is 59.1 cm³/mol. The van der Waals surface area contributed by atoms with E-state index in [1.807, 2.05) is 0 Å². The fourth-order valence-corrected chi connectivity index (χ4v) is 0.731. The number of hydrogen-bond acceptors (Lipinski definition) is 2. The maximum Gasteiger partial charge on any atom is 0.300 e. The van der Waals surface area contributed by atoms with Gasteiger partial charge in [-0.2, -0.15) is 0 Å². The van der Waals surface area contributed by atoms with E-state index in [1.54, 1.807) is 13.8 Å². The average molecular weight is 266 g/mol. The first kappa shape index (κ1) is 16.7. The molecular formula is C8H15Cl3O3. The second-order valence-electron chi connectivity index (χ2n) is 3.45. The van der Waals surface area contributed by atoms with Crippen LogP contribution in [-0.2, 0) is 4.79 Å². The van der Waals surface area contributed by atoms with Crippen LogP contribution in [-0.4, -0.2) is 25.6 Å². The molecule has 0 aromatic carbocycles. The number of carbonyl (C=O) groups is 1. The molecule has 0 heterocycles. The molecule has 0 aromatic heterocycles. The molecule has 86 valence electrons. The third-order valence-electron chi connectivity index (χ3n) is 1.02. The summed E-state index contributed by atoms with van der Waals surface area (Å²) >= 11 is 16.4. The fourth-order valence-electron chi connectivity index (χ4n) is 0.448. The van der Waals surface area contributed by atoms with Gasteiger partial charge in [0, 0.05) is 6.92 Å². The van der Waals surface area contributed by atoms with E-state index in [2.05, 4.69) is 0 Å². The lowest BCUT2D eigenvalue weighted by Crippen LogP contribution is -2.21. The summed E-state index contributed by atoms with van der Waals surface area (Å²) in [6, 6.07) is 0. The molecule has 0 aliphatic heterocycles. The minimum atomic E-state index is -1.24. The van der Waals surface area contributed by atoms with Crippen LogP contribution < -0.4 is 0 Å². The molecule has 0 radical (unpaired) electrons. The summed E-state index contributed by atoms with van der Waals surface area (Å²) in [7, 11) is 0. The number of hydrogen-bond donors (Lipinski definition) is 2. The molecule has 0 rings (SSSR count). The Kier molecular flexibility index (Phi) is 8.03. The van der Waals surface area contributed by atoms with Gasteiger partial charge in [-0.3, -0.25) is 4.79 Å². The zero-order chi connectivity index (χ0) is 12.0. The first-order valence-electron chi connectivity index (χ1n) is 3.93. The summed E-state index contributed by atoms with van der Waals surface area (Å²) in [6.45, 7) is 4.45. The molecule has 2 N–H and O–H groups in total. The van der Waals surface area contributed by atoms with Crippen LogP contribution in [0.25, 0.3) is 0 Å². The van der Waals surface area contributed by atoms with Gasteiger partial charge in [-0.15, -0.1) is 0 Å². The van der Waals surface area contributed by atoms with Gasteiger partial charge in [-0.05, 0) is 26.7 Å². The second-order valence-corrected chi connectivity index (χ2v) is 5.96. The van der Waals surface area contributed by atoms with Gasteiger partial charge in [0.1, 0.15) is 0 Å². The number of rotatable bonds is 2. The maximum absolute atomic E-state index is 9.21. The molecule has 0 aromatic rings. The Morgan fingerprint density at radius 1 is 1.21 bits per heavy atom. The van der Waals surface area contributed by atoms with Crippen LogP contribution in [0.3, 0.4) is 0 Å². The molecule has 0 aliphatic rings. The quantitative estimate of drug-likeness (QED) is 0.755. The van der Waals surface area contributed by atoms with Crippen LogP contribution in [0.15, 0.2) is 0 Å². The standard InChI is InChI=1S/C6H11Cl3O.C2H4O2/c1-5(2,10)3-4-6(7,8)9;1-2(3)4/h10H,3-4H2,1-2H3;1H3,(H,3,4). The molecule has 0 atom stereocenters. The van der Waals surface area contributed by atoms with E-state index in [-0.39, 0.29) is 0 Å². The molecule has 0 aliphatic carbocycles. The first-order chi connectivity index (χ1) is 5.94. The number of halogens is 3. The van der Waals surface area contributed by atoms with Crippen molar-refractivity contribution >= 4 is 40.8 Å². The van der Waals surface area contributed by atoms with Crippen LogP contribution >= 0.6 is 34.8 Å². The molecule has 0 amide bonds. The van der Waals surface area contributed by atoms with Gasteiger partial charge < -0.3 is 10.2 Å². The van der Waals surface area contributed by atoms with Gasteiger partial charge >= 0.3 is 0 Å². The van der Waals surface area contributed by atoms with Crippen LogP contribution in [0.4, 0.5) is 0 Å². The SMILES string of the molecule is CC(=O)O.CC(C)(O)CCC(Cl)(Cl)Cl. The highest BCUT2D eigenvalue weighted by atomic mass is 35.6. The van der Waals surface area contributed by atoms with Gasteiger partial charge in [0.2, 0.25) is 0 Å². The molecule has 0 fully saturated rings. The average Bonchev–Trinajstić information content (AvgIpc) is 1.79. The van der Waals surface area contributed by atoms with Crippen molar-refractivity contribution in [3.05, 3.63) is 0 Å². The van der Waals surface area contributed by atoms with E-state index in [0.29, 0.717) is 12.8 Å². The summed E-state index contributed by atoms with van der Waals surface area (Å²) in [5, 5.41) is 16.6. The zero-order valence-electron chi connectivity index (χ0n) is 8.35. The van der Waals surface area contributed by atoms with Crippen molar-refractivity contribution in [2.45, 2.75) is 43.0 Å². The second kappa shape index (κ2) is 6.72. The highest BCUT2D eigenvalue weighted by Gasteiger charge is 2.23. The Labute approximate surface area is 99.0 Å². The molecule has 14 heavy (non-hydrogen) atoms. The summed E-state index contributed by atoms with van der Waals surface area (Å²) in [5.41, 5.74) is -0.746. The topological polar surface area (TPSA) is 57.5 Å². The number of aliphatic carboxylic acids is 1. The van der Waals surface area contributed by atoms with E-state index >= 15 is 0 Å². The number of alkyl halides is 3. The molecule has 0 saturated heterocycles. The third-order valence-corrected chi connectivity index (χ3v) is 1.59. The van der Waals surface area contributed by atoms with Gasteiger partial charge in [0.15, 0.2) is 3.79 Å². The van der Waals surface area contributed by atoms with Crippen molar-refractivity contribution in [3.63, 3.8) is 0 Å².